The molecule has 1 amide bonds. The SMILES string of the molecule is CC#CC1=NC([N+](=O)[O-])=C(C[N+](C)(C)C/C=C/C(=O)Nc2cc3c(Nc4ccc(Cl)c(Br)c4)ncnc3cn2)C1. The Labute approximate surface area is 244 Å². The van der Waals surface area contributed by atoms with Crippen LogP contribution in [-0.4, -0.2) is 63.2 Å². The highest BCUT2D eigenvalue weighted by atomic mass is 79.9. The van der Waals surface area contributed by atoms with Gasteiger partial charge in [0, 0.05) is 21.6 Å². The number of quaternary nitrogens is 1. The van der Waals surface area contributed by atoms with E-state index in [-0.39, 0.29) is 11.7 Å². The van der Waals surface area contributed by atoms with E-state index >= 15 is 0 Å². The fourth-order valence-corrected chi connectivity index (χ4v) is 4.57. The van der Waals surface area contributed by atoms with Gasteiger partial charge < -0.3 is 25.2 Å². The second-order valence-electron chi connectivity index (χ2n) is 9.53. The summed E-state index contributed by atoms with van der Waals surface area (Å²) < 4.78 is 1.13. The summed E-state index contributed by atoms with van der Waals surface area (Å²) >= 11 is 9.50. The van der Waals surface area contributed by atoms with Crippen LogP contribution < -0.4 is 10.6 Å². The summed E-state index contributed by atoms with van der Waals surface area (Å²) in [5, 5.41) is 18.7. The molecule has 2 aromatic heterocycles. The van der Waals surface area contributed by atoms with Crippen molar-refractivity contribution in [1.82, 2.24) is 15.0 Å². The maximum absolute atomic E-state index is 12.6. The minimum absolute atomic E-state index is 0.144. The first kappa shape index (κ1) is 28.8. The summed E-state index contributed by atoms with van der Waals surface area (Å²) in [6.45, 7) is 2.52. The Morgan fingerprint density at radius 1 is 1.27 bits per heavy atom. The molecule has 0 bridgehead atoms. The zero-order valence-electron chi connectivity index (χ0n) is 21.9. The highest BCUT2D eigenvalue weighted by Crippen LogP contribution is 2.29. The van der Waals surface area contributed by atoms with Crippen LogP contribution in [0.25, 0.3) is 10.9 Å². The van der Waals surface area contributed by atoms with E-state index in [9.17, 15) is 14.9 Å². The second-order valence-corrected chi connectivity index (χ2v) is 10.8. The molecule has 11 nitrogen and oxygen atoms in total. The maximum Gasteiger partial charge on any atom is 0.369 e. The molecule has 4 rings (SSSR count). The van der Waals surface area contributed by atoms with E-state index in [0.29, 0.717) is 62.8 Å². The van der Waals surface area contributed by atoms with Gasteiger partial charge in [0.05, 0.1) is 49.4 Å². The maximum atomic E-state index is 12.6. The standard InChI is InChI=1S/C27H24BrClN8O3/c1-4-6-18-11-17(27(34-18)36(39)40)15-37(2,3)10-5-7-25(38)35-24-13-20-23(14-30-24)31-16-32-26(20)33-19-8-9-22(29)21(28)12-19/h5,7-9,12-14,16H,10-11,15H2,1-3H3,(H-,30,31,32,33,35,38)/p+1/b7-5+. The molecule has 2 N–H and O–H groups in total. The Bertz CT molecular complexity index is 1660. The number of pyridine rings is 1. The van der Waals surface area contributed by atoms with E-state index in [0.717, 1.165) is 10.2 Å². The summed E-state index contributed by atoms with van der Waals surface area (Å²) in [5.41, 5.74) is 2.47. The molecule has 1 aliphatic heterocycles. The second kappa shape index (κ2) is 12.3. The Hall–Kier alpha value is -4.18. The highest BCUT2D eigenvalue weighted by Gasteiger charge is 2.32. The summed E-state index contributed by atoms with van der Waals surface area (Å²) in [7, 11) is 3.85. The van der Waals surface area contributed by atoms with Crippen LogP contribution in [0.1, 0.15) is 13.3 Å². The van der Waals surface area contributed by atoms with Gasteiger partial charge in [0.25, 0.3) is 0 Å². The first-order valence-electron chi connectivity index (χ1n) is 12.0. The first-order chi connectivity index (χ1) is 19.0. The number of amides is 1. The number of rotatable bonds is 9. The number of aromatic nitrogens is 3. The highest BCUT2D eigenvalue weighted by molar-refractivity contribution is 9.10. The van der Waals surface area contributed by atoms with Gasteiger partial charge in [0.2, 0.25) is 11.6 Å². The van der Waals surface area contributed by atoms with Crippen LogP contribution in [0.2, 0.25) is 5.02 Å². The van der Waals surface area contributed by atoms with Crippen molar-refractivity contribution in [3.05, 3.63) is 79.9 Å². The number of benzene rings is 1. The quantitative estimate of drug-likeness (QED) is 0.111. The minimum atomic E-state index is -0.472. The number of nitrogens with one attached hydrogen (secondary N) is 2. The van der Waals surface area contributed by atoms with Crippen LogP contribution in [0, 0.1) is 22.0 Å². The number of carbonyl (C=O) groups excluding carboxylic acids is 1. The fourth-order valence-electron chi connectivity index (χ4n) is 4.07. The van der Waals surface area contributed by atoms with Gasteiger partial charge in [-0.05, 0) is 69.0 Å². The van der Waals surface area contributed by atoms with Crippen molar-refractivity contribution in [1.29, 1.82) is 0 Å². The van der Waals surface area contributed by atoms with E-state index in [1.165, 1.54) is 12.4 Å². The van der Waals surface area contributed by atoms with Gasteiger partial charge in [-0.2, -0.15) is 0 Å². The molecule has 0 saturated carbocycles. The molecule has 0 aliphatic carbocycles. The molecule has 3 aromatic rings. The minimum Gasteiger partial charge on any atom is -0.358 e. The number of hydrogen-bond acceptors (Lipinski definition) is 8. The lowest BCUT2D eigenvalue weighted by Crippen LogP contribution is -2.41. The van der Waals surface area contributed by atoms with Crippen molar-refractivity contribution in [3.63, 3.8) is 0 Å². The van der Waals surface area contributed by atoms with Gasteiger partial charge in [-0.1, -0.05) is 17.5 Å². The average Bonchev–Trinajstić information content (AvgIpc) is 3.28. The zero-order chi connectivity index (χ0) is 28.9. The fraction of sp³-hybridized carbons (Fsp3) is 0.222. The van der Waals surface area contributed by atoms with E-state index in [1.54, 1.807) is 31.3 Å². The van der Waals surface area contributed by atoms with E-state index in [1.807, 2.05) is 26.2 Å². The lowest BCUT2D eigenvalue weighted by molar-refractivity contribution is -0.880. The van der Waals surface area contributed by atoms with Crippen LogP contribution >= 0.6 is 27.5 Å². The van der Waals surface area contributed by atoms with Gasteiger partial charge in [-0.25, -0.2) is 15.0 Å². The summed E-state index contributed by atoms with van der Waals surface area (Å²) in [6, 6.07) is 7.10. The molecular weight excluding hydrogens is 600 g/mol. The van der Waals surface area contributed by atoms with Crippen molar-refractivity contribution in [2.24, 2.45) is 4.99 Å². The monoisotopic (exact) mass is 623 g/mol. The number of nitro groups is 1. The lowest BCUT2D eigenvalue weighted by Gasteiger charge is -2.28. The Morgan fingerprint density at radius 2 is 2.08 bits per heavy atom. The number of halogens is 2. The molecule has 0 radical (unpaired) electrons. The van der Waals surface area contributed by atoms with Gasteiger partial charge >= 0.3 is 5.82 Å². The van der Waals surface area contributed by atoms with Crippen molar-refractivity contribution in [2.75, 3.05) is 37.8 Å². The molecule has 0 saturated heterocycles. The molecule has 204 valence electrons. The van der Waals surface area contributed by atoms with Crippen LogP contribution in [0.5, 0.6) is 0 Å². The zero-order valence-corrected chi connectivity index (χ0v) is 24.2. The molecule has 40 heavy (non-hydrogen) atoms. The van der Waals surface area contributed by atoms with Crippen molar-refractivity contribution < 1.29 is 14.2 Å². The number of aliphatic imine (C=N–C) groups is 1. The van der Waals surface area contributed by atoms with E-state index in [4.69, 9.17) is 11.6 Å². The Kier molecular flexibility index (Phi) is 8.89. The van der Waals surface area contributed by atoms with E-state index < -0.39 is 4.92 Å². The average molecular weight is 625 g/mol. The normalized spacial score (nSPS) is 13.3. The molecule has 1 aromatic carbocycles. The summed E-state index contributed by atoms with van der Waals surface area (Å²) in [4.78, 5) is 40.5. The van der Waals surface area contributed by atoms with Crippen molar-refractivity contribution >= 4 is 67.4 Å². The van der Waals surface area contributed by atoms with Crippen LogP contribution in [0.15, 0.2) is 69.8 Å². The molecule has 3 heterocycles. The summed E-state index contributed by atoms with van der Waals surface area (Å²) in [6.07, 6.45) is 6.48. The first-order valence-corrected chi connectivity index (χ1v) is 13.2. The number of anilines is 3. The van der Waals surface area contributed by atoms with Gasteiger partial charge in [-0.3, -0.25) is 4.79 Å². The van der Waals surface area contributed by atoms with Gasteiger partial charge in [0.1, 0.15) is 24.5 Å². The Morgan fingerprint density at radius 3 is 2.80 bits per heavy atom. The van der Waals surface area contributed by atoms with Gasteiger partial charge in [-0.15, -0.1) is 0 Å². The number of likely N-dealkylation sites (N-methyl/N-ethyl adjacent to an activating group) is 1. The van der Waals surface area contributed by atoms with Crippen molar-refractivity contribution in [2.45, 2.75) is 13.3 Å². The predicted molar refractivity (Wildman–Crippen MR) is 159 cm³/mol. The molecule has 0 unspecified atom stereocenters. The molecule has 0 atom stereocenters. The van der Waals surface area contributed by atoms with Crippen LogP contribution in [-0.2, 0) is 4.79 Å². The molecular formula is C27H25BrClN8O3+. The van der Waals surface area contributed by atoms with Gasteiger partial charge in [0.15, 0.2) is 0 Å². The Balaban J connectivity index is 1.41. The van der Waals surface area contributed by atoms with Crippen LogP contribution in [0.4, 0.5) is 17.3 Å². The molecule has 0 fully saturated rings. The summed E-state index contributed by atoms with van der Waals surface area (Å²) in [5.74, 6) is 5.91. The number of nitrogens with zero attached hydrogens (tertiary/aromatic N) is 6. The third-order valence-corrected chi connectivity index (χ3v) is 7.04. The largest absolute Gasteiger partial charge is 0.369 e. The molecule has 1 aliphatic rings. The third kappa shape index (κ3) is 7.26. The third-order valence-electron chi connectivity index (χ3n) is 5.82. The van der Waals surface area contributed by atoms with Crippen molar-refractivity contribution in [3.8, 4) is 11.8 Å². The van der Waals surface area contributed by atoms with Crippen LogP contribution in [0.3, 0.4) is 0 Å². The number of hydrogen-bond donors (Lipinski definition) is 2. The topological polar surface area (TPSA) is 135 Å². The lowest BCUT2D eigenvalue weighted by atomic mass is 10.1. The molecule has 0 spiro atoms. The number of fused-ring (bicyclic) bond motifs is 1. The number of carbonyl (C=O) groups is 1. The smallest absolute Gasteiger partial charge is 0.358 e. The predicted octanol–water partition coefficient (Wildman–Crippen LogP) is 5.11. The van der Waals surface area contributed by atoms with E-state index in [2.05, 4.69) is 58.3 Å². The molecule has 13 heteroatoms.